The molecule has 0 aromatic heterocycles. The SMILES string of the molecule is CCNC1CCC(CC)CC1CN1CC(O)C(O)C1. The van der Waals surface area contributed by atoms with Gasteiger partial charge in [0.1, 0.15) is 0 Å². The predicted molar refractivity (Wildman–Crippen MR) is 77.0 cm³/mol. The molecule has 0 aromatic rings. The van der Waals surface area contributed by atoms with Crippen LogP contribution in [0.1, 0.15) is 39.5 Å². The number of hydrogen-bond donors (Lipinski definition) is 3. The van der Waals surface area contributed by atoms with Gasteiger partial charge in [-0.15, -0.1) is 0 Å². The minimum Gasteiger partial charge on any atom is -0.389 e. The standard InChI is InChI=1S/C15H30N2O2/c1-3-11-5-6-13(16-4-2)12(7-11)8-17-9-14(18)15(19)10-17/h11-16,18-19H,3-10H2,1-2H3. The van der Waals surface area contributed by atoms with Gasteiger partial charge in [-0.05, 0) is 37.6 Å². The van der Waals surface area contributed by atoms with Crippen molar-refractivity contribution in [2.24, 2.45) is 11.8 Å². The zero-order valence-electron chi connectivity index (χ0n) is 12.4. The van der Waals surface area contributed by atoms with Gasteiger partial charge in [0, 0.05) is 25.7 Å². The molecule has 2 fully saturated rings. The smallest absolute Gasteiger partial charge is 0.0938 e. The molecular formula is C15H30N2O2. The molecule has 4 heteroatoms. The first-order chi connectivity index (χ1) is 9.13. The summed E-state index contributed by atoms with van der Waals surface area (Å²) in [5, 5.41) is 22.9. The van der Waals surface area contributed by atoms with Gasteiger partial charge in [0.25, 0.3) is 0 Å². The summed E-state index contributed by atoms with van der Waals surface area (Å²) in [6.07, 6.45) is 4.08. The molecule has 0 radical (unpaired) electrons. The van der Waals surface area contributed by atoms with Gasteiger partial charge >= 0.3 is 0 Å². The summed E-state index contributed by atoms with van der Waals surface area (Å²) in [7, 11) is 0. The summed E-state index contributed by atoms with van der Waals surface area (Å²) in [4.78, 5) is 2.24. The van der Waals surface area contributed by atoms with Crippen molar-refractivity contribution in [2.45, 2.75) is 57.8 Å². The van der Waals surface area contributed by atoms with E-state index in [9.17, 15) is 10.2 Å². The quantitative estimate of drug-likeness (QED) is 0.692. The lowest BCUT2D eigenvalue weighted by Crippen LogP contribution is -2.45. The number of aliphatic hydroxyl groups excluding tert-OH is 2. The molecule has 3 N–H and O–H groups in total. The van der Waals surface area contributed by atoms with Crippen LogP contribution in [0, 0.1) is 11.8 Å². The second-order valence-electron chi connectivity index (χ2n) is 6.36. The van der Waals surface area contributed by atoms with Crippen molar-refractivity contribution in [2.75, 3.05) is 26.2 Å². The molecule has 5 unspecified atom stereocenters. The molecule has 1 heterocycles. The Morgan fingerprint density at radius 3 is 2.37 bits per heavy atom. The highest BCUT2D eigenvalue weighted by atomic mass is 16.3. The molecule has 1 saturated carbocycles. The maximum absolute atomic E-state index is 9.66. The Morgan fingerprint density at radius 2 is 1.79 bits per heavy atom. The lowest BCUT2D eigenvalue weighted by Gasteiger charge is -2.38. The minimum atomic E-state index is -0.553. The van der Waals surface area contributed by atoms with Crippen LogP contribution in [-0.2, 0) is 0 Å². The Bertz CT molecular complexity index is 265. The van der Waals surface area contributed by atoms with Crippen molar-refractivity contribution in [3.8, 4) is 0 Å². The van der Waals surface area contributed by atoms with E-state index in [1.165, 1.54) is 25.7 Å². The third kappa shape index (κ3) is 3.91. The summed E-state index contributed by atoms with van der Waals surface area (Å²) in [5.41, 5.74) is 0. The number of nitrogens with zero attached hydrogens (tertiary/aromatic N) is 1. The molecule has 0 amide bonds. The fourth-order valence-corrected chi connectivity index (χ4v) is 3.79. The number of aliphatic hydroxyl groups is 2. The molecule has 2 aliphatic rings. The average molecular weight is 270 g/mol. The van der Waals surface area contributed by atoms with E-state index in [1.54, 1.807) is 0 Å². The molecule has 19 heavy (non-hydrogen) atoms. The van der Waals surface area contributed by atoms with Crippen molar-refractivity contribution >= 4 is 0 Å². The summed E-state index contributed by atoms with van der Waals surface area (Å²) in [5.74, 6) is 1.52. The molecule has 1 saturated heterocycles. The summed E-state index contributed by atoms with van der Waals surface area (Å²) >= 11 is 0. The van der Waals surface area contributed by atoms with E-state index in [1.807, 2.05) is 0 Å². The van der Waals surface area contributed by atoms with Crippen molar-refractivity contribution in [1.82, 2.24) is 10.2 Å². The zero-order chi connectivity index (χ0) is 13.8. The van der Waals surface area contributed by atoms with Gasteiger partial charge in [-0.25, -0.2) is 0 Å². The molecule has 1 aliphatic heterocycles. The monoisotopic (exact) mass is 270 g/mol. The lowest BCUT2D eigenvalue weighted by atomic mass is 9.76. The van der Waals surface area contributed by atoms with Gasteiger partial charge in [-0.2, -0.15) is 0 Å². The highest BCUT2D eigenvalue weighted by Crippen LogP contribution is 2.32. The maximum Gasteiger partial charge on any atom is 0.0938 e. The van der Waals surface area contributed by atoms with E-state index in [0.29, 0.717) is 25.0 Å². The third-order valence-corrected chi connectivity index (χ3v) is 4.96. The van der Waals surface area contributed by atoms with E-state index in [4.69, 9.17) is 0 Å². The molecule has 5 atom stereocenters. The summed E-state index contributed by atoms with van der Waals surface area (Å²) in [6.45, 7) is 7.77. The molecule has 2 rings (SSSR count). The molecule has 1 aliphatic carbocycles. The van der Waals surface area contributed by atoms with Crippen molar-refractivity contribution in [3.05, 3.63) is 0 Å². The van der Waals surface area contributed by atoms with Crippen molar-refractivity contribution < 1.29 is 10.2 Å². The lowest BCUT2D eigenvalue weighted by molar-refractivity contribution is 0.0572. The Morgan fingerprint density at radius 1 is 1.11 bits per heavy atom. The highest BCUT2D eigenvalue weighted by Gasteiger charge is 2.35. The van der Waals surface area contributed by atoms with Crippen LogP contribution in [0.4, 0.5) is 0 Å². The largest absolute Gasteiger partial charge is 0.389 e. The highest BCUT2D eigenvalue weighted by molar-refractivity contribution is 4.90. The van der Waals surface area contributed by atoms with Gasteiger partial charge in [-0.3, -0.25) is 4.90 Å². The second kappa shape index (κ2) is 7.02. The first kappa shape index (κ1) is 15.2. The Labute approximate surface area is 117 Å². The van der Waals surface area contributed by atoms with E-state index in [2.05, 4.69) is 24.1 Å². The van der Waals surface area contributed by atoms with Gasteiger partial charge < -0.3 is 15.5 Å². The number of hydrogen-bond acceptors (Lipinski definition) is 4. The van der Waals surface area contributed by atoms with Crippen LogP contribution in [0.2, 0.25) is 0 Å². The maximum atomic E-state index is 9.66. The normalized spacial score (nSPS) is 40.7. The zero-order valence-corrected chi connectivity index (χ0v) is 12.4. The molecular weight excluding hydrogens is 240 g/mol. The number of nitrogens with one attached hydrogen (secondary N) is 1. The van der Waals surface area contributed by atoms with E-state index < -0.39 is 12.2 Å². The van der Waals surface area contributed by atoms with Crippen LogP contribution in [0.25, 0.3) is 0 Å². The van der Waals surface area contributed by atoms with Gasteiger partial charge in [0.15, 0.2) is 0 Å². The summed E-state index contributed by atoms with van der Waals surface area (Å²) < 4.78 is 0. The van der Waals surface area contributed by atoms with Crippen LogP contribution in [0.3, 0.4) is 0 Å². The predicted octanol–water partition coefficient (Wildman–Crippen LogP) is 0.828. The Balaban J connectivity index is 1.90. The van der Waals surface area contributed by atoms with Crippen LogP contribution < -0.4 is 5.32 Å². The number of likely N-dealkylation sites (tertiary alicyclic amines) is 1. The van der Waals surface area contributed by atoms with E-state index in [-0.39, 0.29) is 0 Å². The Kier molecular flexibility index (Phi) is 5.63. The van der Waals surface area contributed by atoms with Crippen molar-refractivity contribution in [3.63, 3.8) is 0 Å². The average Bonchev–Trinajstić information content (AvgIpc) is 2.70. The molecule has 4 nitrogen and oxygen atoms in total. The van der Waals surface area contributed by atoms with Gasteiger partial charge in [-0.1, -0.05) is 20.3 Å². The van der Waals surface area contributed by atoms with Gasteiger partial charge in [0.05, 0.1) is 12.2 Å². The van der Waals surface area contributed by atoms with Crippen LogP contribution >= 0.6 is 0 Å². The third-order valence-electron chi connectivity index (χ3n) is 4.96. The molecule has 0 aromatic carbocycles. The van der Waals surface area contributed by atoms with Crippen molar-refractivity contribution in [1.29, 1.82) is 0 Å². The van der Waals surface area contributed by atoms with Gasteiger partial charge in [0.2, 0.25) is 0 Å². The topological polar surface area (TPSA) is 55.7 Å². The fourth-order valence-electron chi connectivity index (χ4n) is 3.79. The van der Waals surface area contributed by atoms with Crippen LogP contribution in [-0.4, -0.2) is 59.5 Å². The molecule has 112 valence electrons. The number of β-amino-alcohol motifs (C(OH)–C–C–N with tert-alkyl or cyclic N) is 2. The minimum absolute atomic E-state index is 0.553. The summed E-state index contributed by atoms with van der Waals surface area (Å²) in [6, 6.07) is 0.614. The molecule has 0 bridgehead atoms. The fraction of sp³-hybridized carbons (Fsp3) is 1.00. The first-order valence-electron chi connectivity index (χ1n) is 7.95. The van der Waals surface area contributed by atoms with E-state index >= 15 is 0 Å². The first-order valence-corrected chi connectivity index (χ1v) is 7.95. The Hall–Kier alpha value is -0.160. The van der Waals surface area contributed by atoms with Crippen LogP contribution in [0.5, 0.6) is 0 Å². The van der Waals surface area contributed by atoms with E-state index in [0.717, 1.165) is 19.0 Å². The van der Waals surface area contributed by atoms with Crippen LogP contribution in [0.15, 0.2) is 0 Å². The number of rotatable bonds is 5. The molecule has 0 spiro atoms. The second-order valence-corrected chi connectivity index (χ2v) is 6.36.